The van der Waals surface area contributed by atoms with Crippen molar-refractivity contribution >= 4 is 24.0 Å². The van der Waals surface area contributed by atoms with Crippen molar-refractivity contribution in [3.05, 3.63) is 36.7 Å². The Balaban J connectivity index is 2.45. The minimum absolute atomic E-state index is 1.04. The molecule has 1 nitrogen and oxygen atoms in total. The van der Waals surface area contributed by atoms with Gasteiger partial charge in [-0.3, -0.25) is 4.98 Å². The Kier molecular flexibility index (Phi) is 2.15. The molecule has 0 unspecified atom stereocenters. The third-order valence-corrected chi connectivity index (χ3v) is 2.92. The lowest BCUT2D eigenvalue weighted by Crippen LogP contribution is -1.71. The number of nitrogens with zero attached hydrogens (tertiary/aromatic N) is 1. The van der Waals surface area contributed by atoms with E-state index in [4.69, 9.17) is 0 Å². The van der Waals surface area contributed by atoms with Crippen LogP contribution in [-0.4, -0.2) is 4.98 Å². The van der Waals surface area contributed by atoms with Crippen molar-refractivity contribution in [2.45, 2.75) is 4.21 Å². The molecule has 3 heteroatoms. The Hall–Kier alpha value is -0.800. The molecule has 2 aromatic heterocycles. The molecule has 0 radical (unpaired) electrons. The van der Waals surface area contributed by atoms with E-state index in [1.54, 1.807) is 23.7 Å². The number of thiol groups is 1. The Morgan fingerprint density at radius 3 is 2.42 bits per heavy atom. The minimum Gasteiger partial charge on any atom is -0.265 e. The van der Waals surface area contributed by atoms with Crippen molar-refractivity contribution in [2.24, 2.45) is 0 Å². The molecule has 12 heavy (non-hydrogen) atoms. The van der Waals surface area contributed by atoms with Crippen molar-refractivity contribution in [3.63, 3.8) is 0 Å². The molecule has 0 aliphatic carbocycles. The molecule has 0 aliphatic heterocycles. The summed E-state index contributed by atoms with van der Waals surface area (Å²) in [5.41, 5.74) is 1.20. The quantitative estimate of drug-likeness (QED) is 0.687. The molecular weight excluding hydrogens is 186 g/mol. The molecule has 0 saturated heterocycles. The Labute approximate surface area is 80.5 Å². The average molecular weight is 193 g/mol. The highest BCUT2D eigenvalue weighted by Gasteiger charge is 1.98. The first kappa shape index (κ1) is 7.83. The summed E-state index contributed by atoms with van der Waals surface area (Å²) >= 11 is 5.94. The van der Waals surface area contributed by atoms with E-state index in [2.05, 4.69) is 23.7 Å². The van der Waals surface area contributed by atoms with E-state index in [0.717, 1.165) is 4.21 Å². The molecule has 0 N–H and O–H groups in total. The number of aromatic nitrogens is 1. The molecular formula is C9H7NS2. The number of pyridine rings is 1. The fourth-order valence-corrected chi connectivity index (χ4v) is 2.12. The smallest absolute Gasteiger partial charge is 0.0574 e. The molecule has 2 heterocycles. The molecule has 60 valence electrons. The van der Waals surface area contributed by atoms with Crippen molar-refractivity contribution in [3.8, 4) is 10.4 Å². The number of rotatable bonds is 1. The normalized spacial score (nSPS) is 10.1. The van der Waals surface area contributed by atoms with Gasteiger partial charge >= 0.3 is 0 Å². The zero-order chi connectivity index (χ0) is 8.39. The standard InChI is InChI=1S/C9H7NS2/c11-9-2-1-8(12-9)7-3-5-10-6-4-7/h1-6,11H. The molecule has 2 rings (SSSR count). The highest BCUT2D eigenvalue weighted by Crippen LogP contribution is 2.29. The summed E-state index contributed by atoms with van der Waals surface area (Å²) in [6.45, 7) is 0. The lowest BCUT2D eigenvalue weighted by molar-refractivity contribution is 1.33. The van der Waals surface area contributed by atoms with Gasteiger partial charge in [-0.2, -0.15) is 0 Å². The number of thiophene rings is 1. The van der Waals surface area contributed by atoms with Crippen LogP contribution in [0.5, 0.6) is 0 Å². The van der Waals surface area contributed by atoms with Crippen molar-refractivity contribution < 1.29 is 0 Å². The second-order valence-electron chi connectivity index (χ2n) is 2.37. The summed E-state index contributed by atoms with van der Waals surface area (Å²) < 4.78 is 1.04. The van der Waals surface area contributed by atoms with Gasteiger partial charge in [-0.1, -0.05) is 0 Å². The van der Waals surface area contributed by atoms with Gasteiger partial charge < -0.3 is 0 Å². The topological polar surface area (TPSA) is 12.9 Å². The summed E-state index contributed by atoms with van der Waals surface area (Å²) in [7, 11) is 0. The van der Waals surface area contributed by atoms with Gasteiger partial charge in [0.05, 0.1) is 4.21 Å². The van der Waals surface area contributed by atoms with E-state index in [-0.39, 0.29) is 0 Å². The van der Waals surface area contributed by atoms with Gasteiger partial charge in [-0.15, -0.1) is 24.0 Å². The van der Waals surface area contributed by atoms with Crippen LogP contribution < -0.4 is 0 Å². The fourth-order valence-electron chi connectivity index (χ4n) is 0.999. The maximum atomic E-state index is 4.26. The first-order chi connectivity index (χ1) is 5.86. The van der Waals surface area contributed by atoms with Crippen molar-refractivity contribution in [2.75, 3.05) is 0 Å². The van der Waals surface area contributed by atoms with Crippen LogP contribution in [0.4, 0.5) is 0 Å². The monoisotopic (exact) mass is 193 g/mol. The van der Waals surface area contributed by atoms with Gasteiger partial charge in [-0.05, 0) is 29.8 Å². The molecule has 0 fully saturated rings. The Bertz CT molecular complexity index is 367. The van der Waals surface area contributed by atoms with E-state index in [1.165, 1.54) is 10.4 Å². The summed E-state index contributed by atoms with van der Waals surface area (Å²) in [5, 5.41) is 0. The maximum absolute atomic E-state index is 4.26. The highest BCUT2D eigenvalue weighted by atomic mass is 32.2. The molecule has 0 aliphatic rings. The van der Waals surface area contributed by atoms with Gasteiger partial charge in [0.25, 0.3) is 0 Å². The fraction of sp³-hybridized carbons (Fsp3) is 0. The minimum atomic E-state index is 1.04. The Morgan fingerprint density at radius 1 is 1.08 bits per heavy atom. The van der Waals surface area contributed by atoms with Gasteiger partial charge in [0, 0.05) is 17.3 Å². The summed E-state index contributed by atoms with van der Waals surface area (Å²) in [4.78, 5) is 5.20. The second kappa shape index (κ2) is 3.29. The van der Waals surface area contributed by atoms with Crippen LogP contribution in [0.1, 0.15) is 0 Å². The summed E-state index contributed by atoms with van der Waals surface area (Å²) in [6.07, 6.45) is 3.60. The Morgan fingerprint density at radius 2 is 1.83 bits per heavy atom. The molecule has 0 aromatic carbocycles. The van der Waals surface area contributed by atoms with E-state index in [0.29, 0.717) is 0 Å². The van der Waals surface area contributed by atoms with Crippen LogP contribution in [0.25, 0.3) is 10.4 Å². The average Bonchev–Trinajstić information content (AvgIpc) is 2.54. The van der Waals surface area contributed by atoms with Crippen molar-refractivity contribution in [1.29, 1.82) is 0 Å². The van der Waals surface area contributed by atoms with Gasteiger partial charge in [-0.25, -0.2) is 0 Å². The summed E-state index contributed by atoms with van der Waals surface area (Å²) in [5.74, 6) is 0. The number of hydrogen-bond donors (Lipinski definition) is 1. The second-order valence-corrected chi connectivity index (χ2v) is 4.24. The van der Waals surface area contributed by atoms with Gasteiger partial charge in [0.2, 0.25) is 0 Å². The van der Waals surface area contributed by atoms with Crippen LogP contribution in [0, 0.1) is 0 Å². The summed E-state index contributed by atoms with van der Waals surface area (Å²) in [6, 6.07) is 8.07. The van der Waals surface area contributed by atoms with E-state index < -0.39 is 0 Å². The van der Waals surface area contributed by atoms with E-state index >= 15 is 0 Å². The zero-order valence-corrected chi connectivity index (χ0v) is 7.98. The van der Waals surface area contributed by atoms with Crippen molar-refractivity contribution in [1.82, 2.24) is 4.98 Å². The lowest BCUT2D eigenvalue weighted by atomic mass is 10.2. The van der Waals surface area contributed by atoms with Crippen LogP contribution in [-0.2, 0) is 0 Å². The van der Waals surface area contributed by atoms with Crippen LogP contribution in [0.2, 0.25) is 0 Å². The first-order valence-corrected chi connectivity index (χ1v) is 4.82. The van der Waals surface area contributed by atoms with E-state index in [1.807, 2.05) is 18.2 Å². The molecule has 0 bridgehead atoms. The van der Waals surface area contributed by atoms with Gasteiger partial charge in [0.1, 0.15) is 0 Å². The largest absolute Gasteiger partial charge is 0.265 e. The zero-order valence-electron chi connectivity index (χ0n) is 6.27. The first-order valence-electron chi connectivity index (χ1n) is 3.55. The predicted molar refractivity (Wildman–Crippen MR) is 54.8 cm³/mol. The molecule has 0 atom stereocenters. The maximum Gasteiger partial charge on any atom is 0.0574 e. The molecule has 0 saturated carbocycles. The highest BCUT2D eigenvalue weighted by molar-refractivity contribution is 7.83. The number of hydrogen-bond acceptors (Lipinski definition) is 3. The van der Waals surface area contributed by atoms with Crippen LogP contribution in [0.3, 0.4) is 0 Å². The van der Waals surface area contributed by atoms with E-state index in [9.17, 15) is 0 Å². The molecule has 2 aromatic rings. The predicted octanol–water partition coefficient (Wildman–Crippen LogP) is 3.10. The SMILES string of the molecule is Sc1ccc(-c2ccncc2)s1. The third kappa shape index (κ3) is 1.52. The molecule has 0 amide bonds. The van der Waals surface area contributed by atoms with Gasteiger partial charge in [0.15, 0.2) is 0 Å². The lowest BCUT2D eigenvalue weighted by Gasteiger charge is -1.93. The molecule has 0 spiro atoms. The third-order valence-electron chi connectivity index (χ3n) is 1.56. The van der Waals surface area contributed by atoms with Crippen LogP contribution >= 0.6 is 24.0 Å². The van der Waals surface area contributed by atoms with Crippen LogP contribution in [0.15, 0.2) is 40.9 Å².